The predicted octanol–water partition coefficient (Wildman–Crippen LogP) is 4.05. The van der Waals surface area contributed by atoms with Gasteiger partial charge in [-0.2, -0.15) is 9.64 Å². The fraction of sp³-hybridized carbons (Fsp3) is 0.353. The number of rotatable bonds is 6. The topological polar surface area (TPSA) is 90.9 Å². The van der Waals surface area contributed by atoms with Crippen molar-refractivity contribution in [3.05, 3.63) is 35.0 Å². The van der Waals surface area contributed by atoms with Gasteiger partial charge in [0.25, 0.3) is 0 Å². The van der Waals surface area contributed by atoms with E-state index in [1.54, 1.807) is 6.92 Å². The van der Waals surface area contributed by atoms with Crippen molar-refractivity contribution in [3.8, 4) is 6.07 Å². The van der Waals surface area contributed by atoms with Crippen molar-refractivity contribution in [1.82, 2.24) is 4.37 Å². The summed E-state index contributed by atoms with van der Waals surface area (Å²) in [6.07, 6.45) is 0. The predicted molar refractivity (Wildman–Crippen MR) is 96.8 cm³/mol. The first-order valence-electron chi connectivity index (χ1n) is 7.65. The van der Waals surface area contributed by atoms with Gasteiger partial charge in [-0.05, 0) is 49.1 Å². The second kappa shape index (κ2) is 8.35. The van der Waals surface area contributed by atoms with Gasteiger partial charge in [0.2, 0.25) is 0 Å². The van der Waals surface area contributed by atoms with E-state index in [1.165, 1.54) is 6.92 Å². The summed E-state index contributed by atoms with van der Waals surface area (Å²) >= 11 is 1.16. The van der Waals surface area contributed by atoms with Crippen LogP contribution in [-0.4, -0.2) is 30.5 Å². The molecular weight excluding hydrogens is 338 g/mol. The maximum Gasteiger partial charge on any atom is 0.302 e. The Bertz CT molecular complexity index is 838. The Morgan fingerprint density at radius 3 is 2.80 bits per heavy atom. The van der Waals surface area contributed by atoms with Crippen LogP contribution in [0, 0.1) is 25.2 Å². The molecule has 0 spiro atoms. The number of carbonyl (C=O) groups excluding carboxylic acids is 1. The monoisotopic (exact) mass is 357 g/mol. The number of nitriles is 1. The van der Waals surface area contributed by atoms with Gasteiger partial charge in [-0.25, -0.2) is 0 Å². The number of aryl methyl sites for hydroxylation is 2. The number of ether oxygens (including phenoxy) is 1. The Balaban J connectivity index is 2.10. The summed E-state index contributed by atoms with van der Waals surface area (Å²) in [5, 5.41) is 18.0. The van der Waals surface area contributed by atoms with Crippen LogP contribution in [0.25, 0.3) is 0 Å². The maximum atomic E-state index is 10.8. The van der Waals surface area contributed by atoms with E-state index in [9.17, 15) is 4.79 Å². The lowest BCUT2D eigenvalue weighted by molar-refractivity contribution is -0.140. The number of benzene rings is 1. The number of carbonyl (C=O) groups is 1. The van der Waals surface area contributed by atoms with E-state index < -0.39 is 0 Å². The molecule has 0 unspecified atom stereocenters. The minimum absolute atomic E-state index is 0.282. The van der Waals surface area contributed by atoms with E-state index in [1.807, 2.05) is 37.1 Å². The number of esters is 1. The van der Waals surface area contributed by atoms with E-state index in [4.69, 9.17) is 10.00 Å². The van der Waals surface area contributed by atoms with E-state index in [2.05, 4.69) is 20.7 Å². The van der Waals surface area contributed by atoms with Gasteiger partial charge in [-0.3, -0.25) is 4.79 Å². The van der Waals surface area contributed by atoms with Crippen molar-refractivity contribution in [2.24, 2.45) is 10.2 Å². The van der Waals surface area contributed by atoms with Crippen molar-refractivity contribution < 1.29 is 9.53 Å². The molecule has 8 heteroatoms. The third kappa shape index (κ3) is 4.84. The summed E-state index contributed by atoms with van der Waals surface area (Å²) in [7, 11) is 1.93. The molecule has 25 heavy (non-hydrogen) atoms. The zero-order valence-electron chi connectivity index (χ0n) is 14.6. The first-order chi connectivity index (χ1) is 11.9. The van der Waals surface area contributed by atoms with Crippen molar-refractivity contribution in [1.29, 1.82) is 5.26 Å². The summed E-state index contributed by atoms with van der Waals surface area (Å²) in [5.41, 5.74) is 3.82. The zero-order valence-corrected chi connectivity index (χ0v) is 15.4. The fourth-order valence-electron chi connectivity index (χ4n) is 2.10. The molecule has 0 amide bonds. The van der Waals surface area contributed by atoms with E-state index in [-0.39, 0.29) is 5.97 Å². The van der Waals surface area contributed by atoms with Crippen molar-refractivity contribution in [2.75, 3.05) is 25.1 Å². The summed E-state index contributed by atoms with van der Waals surface area (Å²) < 4.78 is 9.08. The number of hydrogen-bond acceptors (Lipinski definition) is 8. The first-order valence-corrected chi connectivity index (χ1v) is 8.43. The van der Waals surface area contributed by atoms with Gasteiger partial charge in [-0.15, -0.1) is 10.2 Å². The second-order valence-electron chi connectivity index (χ2n) is 5.49. The molecule has 1 aromatic carbocycles. The highest BCUT2D eigenvalue weighted by Crippen LogP contribution is 2.30. The lowest BCUT2D eigenvalue weighted by atomic mass is 10.1. The minimum atomic E-state index is -0.282. The number of aromatic nitrogens is 1. The Morgan fingerprint density at radius 2 is 2.16 bits per heavy atom. The van der Waals surface area contributed by atoms with Gasteiger partial charge in [0.15, 0.2) is 5.00 Å². The molecule has 0 saturated carbocycles. The molecule has 1 heterocycles. The standard InChI is InChI=1S/C17H19N5O2S/c1-11-9-14(22(4)7-8-24-13(3)23)5-6-16(11)19-20-17-15(10-18)12(2)21-25-17/h5-6,9H,7-8H2,1-4H3. The molecule has 7 nitrogen and oxygen atoms in total. The van der Waals surface area contributed by atoms with Gasteiger partial charge >= 0.3 is 5.97 Å². The third-order valence-electron chi connectivity index (χ3n) is 3.56. The molecule has 0 radical (unpaired) electrons. The first kappa shape index (κ1) is 18.5. The van der Waals surface area contributed by atoms with Crippen LogP contribution in [0.3, 0.4) is 0 Å². The molecule has 130 valence electrons. The zero-order chi connectivity index (χ0) is 18.4. The van der Waals surface area contributed by atoms with Crippen LogP contribution in [0.5, 0.6) is 0 Å². The maximum absolute atomic E-state index is 10.8. The van der Waals surface area contributed by atoms with Gasteiger partial charge in [0, 0.05) is 19.7 Å². The molecule has 2 aromatic rings. The highest BCUT2D eigenvalue weighted by molar-refractivity contribution is 7.10. The molecule has 0 aliphatic rings. The Labute approximate surface area is 150 Å². The Morgan fingerprint density at radius 1 is 1.40 bits per heavy atom. The van der Waals surface area contributed by atoms with Gasteiger partial charge in [-0.1, -0.05) is 0 Å². The summed E-state index contributed by atoms with van der Waals surface area (Å²) in [6.45, 7) is 6.06. The number of hydrogen-bond donors (Lipinski definition) is 0. The van der Waals surface area contributed by atoms with Crippen LogP contribution in [0.4, 0.5) is 16.4 Å². The average Bonchev–Trinajstić information content (AvgIpc) is 2.93. The fourth-order valence-corrected chi connectivity index (χ4v) is 2.78. The van der Waals surface area contributed by atoms with Crippen molar-refractivity contribution >= 4 is 33.9 Å². The SMILES string of the molecule is CC(=O)OCCN(C)c1ccc(N=Nc2snc(C)c2C#N)c(C)c1. The van der Waals surface area contributed by atoms with Gasteiger partial charge in [0.05, 0.1) is 17.9 Å². The average molecular weight is 357 g/mol. The Hall–Kier alpha value is -2.79. The van der Waals surface area contributed by atoms with E-state index in [0.29, 0.717) is 29.4 Å². The molecule has 0 N–H and O–H groups in total. The highest BCUT2D eigenvalue weighted by Gasteiger charge is 2.10. The lowest BCUT2D eigenvalue weighted by Gasteiger charge is -2.19. The van der Waals surface area contributed by atoms with Crippen LogP contribution < -0.4 is 4.90 Å². The molecular formula is C17H19N5O2S. The number of nitrogens with zero attached hydrogens (tertiary/aromatic N) is 5. The number of anilines is 1. The van der Waals surface area contributed by atoms with Crippen LogP contribution in [0.15, 0.2) is 28.4 Å². The normalized spacial score (nSPS) is 10.7. The molecule has 0 bridgehead atoms. The lowest BCUT2D eigenvalue weighted by Crippen LogP contribution is -2.23. The summed E-state index contributed by atoms with van der Waals surface area (Å²) in [6, 6.07) is 7.89. The van der Waals surface area contributed by atoms with E-state index >= 15 is 0 Å². The molecule has 0 aliphatic carbocycles. The molecule has 0 fully saturated rings. The van der Waals surface area contributed by atoms with Crippen LogP contribution >= 0.6 is 11.5 Å². The smallest absolute Gasteiger partial charge is 0.302 e. The quantitative estimate of drug-likeness (QED) is 0.574. The van der Waals surface area contributed by atoms with Crippen LogP contribution in [0.1, 0.15) is 23.7 Å². The Kier molecular flexibility index (Phi) is 6.19. The van der Waals surface area contributed by atoms with Gasteiger partial charge in [0.1, 0.15) is 18.2 Å². The summed E-state index contributed by atoms with van der Waals surface area (Å²) in [5.74, 6) is -0.282. The highest BCUT2D eigenvalue weighted by atomic mass is 32.1. The van der Waals surface area contributed by atoms with E-state index in [0.717, 1.165) is 28.5 Å². The van der Waals surface area contributed by atoms with Crippen molar-refractivity contribution in [2.45, 2.75) is 20.8 Å². The second-order valence-corrected chi connectivity index (χ2v) is 6.24. The molecule has 2 rings (SSSR count). The van der Waals surface area contributed by atoms with Crippen molar-refractivity contribution in [3.63, 3.8) is 0 Å². The molecule has 0 aliphatic heterocycles. The summed E-state index contributed by atoms with van der Waals surface area (Å²) in [4.78, 5) is 12.8. The number of likely N-dealkylation sites (N-methyl/N-ethyl adjacent to an activating group) is 1. The number of azo groups is 1. The van der Waals surface area contributed by atoms with Crippen LogP contribution in [0.2, 0.25) is 0 Å². The third-order valence-corrected chi connectivity index (χ3v) is 4.38. The molecule has 0 saturated heterocycles. The minimum Gasteiger partial charge on any atom is -0.464 e. The molecule has 1 aromatic heterocycles. The van der Waals surface area contributed by atoms with Crippen LogP contribution in [-0.2, 0) is 9.53 Å². The largest absolute Gasteiger partial charge is 0.464 e. The molecule has 0 atom stereocenters. The van der Waals surface area contributed by atoms with Gasteiger partial charge < -0.3 is 9.64 Å².